The molecule has 0 aromatic heterocycles. The van der Waals surface area contributed by atoms with Crippen molar-refractivity contribution < 1.29 is 4.79 Å². The quantitative estimate of drug-likeness (QED) is 0.576. The number of hydrogen-bond acceptors (Lipinski definition) is 1. The molecule has 0 N–H and O–H groups in total. The minimum Gasteiger partial charge on any atom is -0.339 e. The van der Waals surface area contributed by atoms with Gasteiger partial charge in [0.1, 0.15) is 0 Å². The van der Waals surface area contributed by atoms with Crippen molar-refractivity contribution in [3.8, 4) is 0 Å². The van der Waals surface area contributed by atoms with E-state index in [2.05, 4.69) is 13.8 Å². The summed E-state index contributed by atoms with van der Waals surface area (Å²) in [7, 11) is 0. The Morgan fingerprint density at radius 1 is 1.00 bits per heavy atom. The number of benzene rings is 1. The van der Waals surface area contributed by atoms with Crippen molar-refractivity contribution in [2.24, 2.45) is 0 Å². The first-order chi connectivity index (χ1) is 9.70. The van der Waals surface area contributed by atoms with Crippen molar-refractivity contribution in [2.75, 3.05) is 13.1 Å². The Bertz CT molecular complexity index is 396. The Morgan fingerprint density at radius 3 is 2.05 bits per heavy atom. The number of nitrogens with zero attached hydrogens (tertiary/aromatic N) is 1. The summed E-state index contributed by atoms with van der Waals surface area (Å²) in [5, 5.41) is 0.550. The Balaban J connectivity index is 2.69. The second-order valence-electron chi connectivity index (χ2n) is 5.19. The lowest BCUT2D eigenvalue weighted by atomic mass is 10.1. The third-order valence-corrected chi connectivity index (χ3v) is 3.78. The number of hydrogen-bond donors (Lipinski definition) is 0. The maximum absolute atomic E-state index is 12.6. The highest BCUT2D eigenvalue weighted by atomic mass is 35.5. The van der Waals surface area contributed by atoms with Crippen LogP contribution in [0.15, 0.2) is 24.3 Å². The van der Waals surface area contributed by atoms with Crippen molar-refractivity contribution in [1.29, 1.82) is 0 Å². The van der Waals surface area contributed by atoms with Crippen LogP contribution >= 0.6 is 11.6 Å². The van der Waals surface area contributed by atoms with E-state index in [0.717, 1.165) is 25.9 Å². The molecule has 0 aliphatic rings. The summed E-state index contributed by atoms with van der Waals surface area (Å²) in [6.07, 6.45) is 6.81. The Morgan fingerprint density at radius 2 is 1.55 bits per heavy atom. The second-order valence-corrected chi connectivity index (χ2v) is 5.59. The van der Waals surface area contributed by atoms with E-state index < -0.39 is 0 Å². The molecule has 0 aliphatic carbocycles. The minimum absolute atomic E-state index is 0.0720. The van der Waals surface area contributed by atoms with Gasteiger partial charge in [0.15, 0.2) is 0 Å². The summed E-state index contributed by atoms with van der Waals surface area (Å²) in [5.41, 5.74) is 0.627. The highest BCUT2D eigenvalue weighted by Crippen LogP contribution is 2.18. The molecule has 1 aromatic carbocycles. The summed E-state index contributed by atoms with van der Waals surface area (Å²) < 4.78 is 0. The van der Waals surface area contributed by atoms with Crippen LogP contribution in [0.25, 0.3) is 0 Å². The van der Waals surface area contributed by atoms with Crippen LogP contribution in [0.4, 0.5) is 0 Å². The molecule has 20 heavy (non-hydrogen) atoms. The molecule has 0 saturated carbocycles. The molecule has 0 fully saturated rings. The van der Waals surface area contributed by atoms with Gasteiger partial charge in [-0.1, -0.05) is 63.3 Å². The fraction of sp³-hybridized carbons (Fsp3) is 0.588. The predicted octanol–water partition coefficient (Wildman–Crippen LogP) is 5.16. The van der Waals surface area contributed by atoms with Gasteiger partial charge in [-0.3, -0.25) is 4.79 Å². The van der Waals surface area contributed by atoms with Gasteiger partial charge < -0.3 is 4.90 Å². The molecule has 0 saturated heterocycles. The first kappa shape index (κ1) is 17.0. The van der Waals surface area contributed by atoms with Gasteiger partial charge in [0, 0.05) is 13.1 Å². The van der Waals surface area contributed by atoms with Crippen molar-refractivity contribution in [2.45, 2.75) is 52.4 Å². The number of carbonyl (C=O) groups excluding carboxylic acids is 1. The lowest BCUT2D eigenvalue weighted by molar-refractivity contribution is 0.0750. The van der Waals surface area contributed by atoms with Crippen LogP contribution in [0.5, 0.6) is 0 Å². The lowest BCUT2D eigenvalue weighted by Gasteiger charge is -2.23. The van der Waals surface area contributed by atoms with Crippen LogP contribution in [0.1, 0.15) is 62.7 Å². The summed E-state index contributed by atoms with van der Waals surface area (Å²) in [4.78, 5) is 14.6. The third-order valence-electron chi connectivity index (χ3n) is 3.45. The number of halogens is 1. The largest absolute Gasteiger partial charge is 0.339 e. The fourth-order valence-corrected chi connectivity index (χ4v) is 2.44. The zero-order valence-corrected chi connectivity index (χ0v) is 13.5. The molecule has 1 amide bonds. The van der Waals surface area contributed by atoms with E-state index in [0.29, 0.717) is 10.6 Å². The fourth-order valence-electron chi connectivity index (χ4n) is 2.23. The number of unbranched alkanes of at least 4 members (excludes halogenated alkanes) is 4. The van der Waals surface area contributed by atoms with E-state index in [-0.39, 0.29) is 5.91 Å². The molecule has 112 valence electrons. The molecule has 0 atom stereocenters. The molecule has 0 spiro atoms. The van der Waals surface area contributed by atoms with E-state index >= 15 is 0 Å². The first-order valence-corrected chi connectivity index (χ1v) is 8.12. The van der Waals surface area contributed by atoms with Gasteiger partial charge in [-0.05, 0) is 25.0 Å². The van der Waals surface area contributed by atoms with Gasteiger partial charge >= 0.3 is 0 Å². The lowest BCUT2D eigenvalue weighted by Crippen LogP contribution is -2.33. The molecule has 1 rings (SSSR count). The highest BCUT2D eigenvalue weighted by Gasteiger charge is 2.17. The van der Waals surface area contributed by atoms with Crippen molar-refractivity contribution in [1.82, 2.24) is 4.90 Å². The molecular formula is C17H26ClNO. The van der Waals surface area contributed by atoms with Gasteiger partial charge in [-0.25, -0.2) is 0 Å². The smallest absolute Gasteiger partial charge is 0.255 e. The summed E-state index contributed by atoms with van der Waals surface area (Å²) in [5.74, 6) is 0.0720. The molecule has 0 unspecified atom stereocenters. The number of amides is 1. The van der Waals surface area contributed by atoms with Crippen LogP contribution in [0.3, 0.4) is 0 Å². The maximum atomic E-state index is 12.6. The maximum Gasteiger partial charge on any atom is 0.255 e. The summed E-state index contributed by atoms with van der Waals surface area (Å²) in [6.45, 7) is 6.03. The van der Waals surface area contributed by atoms with Gasteiger partial charge in [0.2, 0.25) is 0 Å². The first-order valence-electron chi connectivity index (χ1n) is 7.74. The van der Waals surface area contributed by atoms with E-state index in [9.17, 15) is 4.79 Å². The zero-order valence-electron chi connectivity index (χ0n) is 12.7. The topological polar surface area (TPSA) is 20.3 Å². The van der Waals surface area contributed by atoms with Crippen molar-refractivity contribution >= 4 is 17.5 Å². The van der Waals surface area contributed by atoms with E-state index in [1.54, 1.807) is 6.07 Å². The van der Waals surface area contributed by atoms with Crippen LogP contribution in [-0.4, -0.2) is 23.9 Å². The van der Waals surface area contributed by atoms with Crippen molar-refractivity contribution in [3.05, 3.63) is 34.9 Å². The Hall–Kier alpha value is -1.02. The average Bonchev–Trinajstić information content (AvgIpc) is 2.46. The van der Waals surface area contributed by atoms with Crippen LogP contribution in [-0.2, 0) is 0 Å². The van der Waals surface area contributed by atoms with Crippen LogP contribution < -0.4 is 0 Å². The van der Waals surface area contributed by atoms with Gasteiger partial charge in [-0.2, -0.15) is 0 Å². The number of carbonyl (C=O) groups is 1. The zero-order chi connectivity index (χ0) is 14.8. The highest BCUT2D eigenvalue weighted by molar-refractivity contribution is 6.33. The van der Waals surface area contributed by atoms with E-state index in [1.165, 1.54) is 25.7 Å². The van der Waals surface area contributed by atoms with Gasteiger partial charge in [0.05, 0.1) is 10.6 Å². The van der Waals surface area contributed by atoms with Crippen LogP contribution in [0.2, 0.25) is 5.02 Å². The monoisotopic (exact) mass is 295 g/mol. The number of rotatable bonds is 9. The molecular weight excluding hydrogens is 270 g/mol. The summed E-state index contributed by atoms with van der Waals surface area (Å²) in [6, 6.07) is 7.33. The molecule has 0 aliphatic heterocycles. The predicted molar refractivity (Wildman–Crippen MR) is 86.4 cm³/mol. The molecule has 1 aromatic rings. The summed E-state index contributed by atoms with van der Waals surface area (Å²) >= 11 is 6.14. The molecule has 0 radical (unpaired) electrons. The average molecular weight is 296 g/mol. The van der Waals surface area contributed by atoms with E-state index in [1.807, 2.05) is 23.1 Å². The normalized spacial score (nSPS) is 10.6. The van der Waals surface area contributed by atoms with Crippen LogP contribution in [0, 0.1) is 0 Å². The third kappa shape index (κ3) is 5.54. The van der Waals surface area contributed by atoms with E-state index in [4.69, 9.17) is 11.6 Å². The standard InChI is InChI=1S/C17H26ClNO/c1-3-5-9-13-19(14-10-6-4-2)17(20)15-11-7-8-12-16(15)18/h7-8,11-12H,3-6,9-10,13-14H2,1-2H3. The van der Waals surface area contributed by atoms with Gasteiger partial charge in [-0.15, -0.1) is 0 Å². The Kier molecular flexibility index (Phi) is 8.36. The minimum atomic E-state index is 0.0720. The van der Waals surface area contributed by atoms with Crippen molar-refractivity contribution in [3.63, 3.8) is 0 Å². The SMILES string of the molecule is CCCCCN(CCCCC)C(=O)c1ccccc1Cl. The molecule has 0 heterocycles. The molecule has 2 nitrogen and oxygen atoms in total. The molecule has 0 bridgehead atoms. The van der Waals surface area contributed by atoms with Gasteiger partial charge in [0.25, 0.3) is 5.91 Å². The second kappa shape index (κ2) is 9.82. The Labute approximate surface area is 128 Å². The molecule has 3 heteroatoms.